The van der Waals surface area contributed by atoms with Crippen LogP contribution in [-0.4, -0.2) is 51.4 Å². The van der Waals surface area contributed by atoms with E-state index in [2.05, 4.69) is 28.8 Å². The smallest absolute Gasteiger partial charge is 0.227 e. The Labute approximate surface area is 174 Å². The van der Waals surface area contributed by atoms with Gasteiger partial charge in [0.15, 0.2) is 0 Å². The van der Waals surface area contributed by atoms with E-state index in [1.807, 2.05) is 24.3 Å². The highest BCUT2D eigenvalue weighted by Gasteiger charge is 2.28. The second-order valence-electron chi connectivity index (χ2n) is 8.27. The molecule has 2 atom stereocenters. The van der Waals surface area contributed by atoms with E-state index < -0.39 is 10.0 Å². The average Bonchev–Trinajstić information content (AvgIpc) is 2.68. The van der Waals surface area contributed by atoms with Gasteiger partial charge in [0.2, 0.25) is 15.9 Å². The van der Waals surface area contributed by atoms with E-state index in [1.54, 1.807) is 6.92 Å². The Morgan fingerprint density at radius 3 is 2.21 bits per heavy atom. The zero-order chi connectivity index (χ0) is 21.0. The summed E-state index contributed by atoms with van der Waals surface area (Å²) in [5.74, 6) is 0.0345. The molecule has 1 aliphatic heterocycles. The number of anilines is 2. The van der Waals surface area contributed by atoms with Crippen LogP contribution in [0, 0.1) is 5.92 Å². The van der Waals surface area contributed by atoms with Crippen molar-refractivity contribution >= 4 is 27.3 Å². The van der Waals surface area contributed by atoms with Gasteiger partial charge >= 0.3 is 0 Å². The molecule has 0 bridgehead atoms. The molecule has 29 heavy (non-hydrogen) atoms. The third kappa shape index (κ3) is 6.17. The second kappa shape index (κ2) is 9.45. The van der Waals surface area contributed by atoms with Crippen LogP contribution in [0.25, 0.3) is 0 Å². The Hall–Kier alpha value is -1.64. The van der Waals surface area contributed by atoms with Crippen LogP contribution in [-0.2, 0) is 19.6 Å². The number of hydrogen-bond acceptors (Lipinski definition) is 5. The number of morpholine rings is 1. The summed E-state index contributed by atoms with van der Waals surface area (Å²) in [6, 6.07) is 7.91. The molecule has 1 saturated carbocycles. The first-order valence-electron chi connectivity index (χ1n) is 10.6. The van der Waals surface area contributed by atoms with Crippen molar-refractivity contribution < 1.29 is 17.9 Å². The third-order valence-corrected chi connectivity index (χ3v) is 7.20. The molecule has 0 unspecified atom stereocenters. The summed E-state index contributed by atoms with van der Waals surface area (Å²) < 4.78 is 31.9. The molecule has 8 heteroatoms. The van der Waals surface area contributed by atoms with Crippen LogP contribution >= 0.6 is 0 Å². The molecule has 3 rings (SSSR count). The lowest BCUT2D eigenvalue weighted by Crippen LogP contribution is -2.45. The first kappa shape index (κ1) is 22.1. The van der Waals surface area contributed by atoms with Crippen molar-refractivity contribution in [2.24, 2.45) is 5.92 Å². The molecule has 1 aromatic rings. The molecule has 162 valence electrons. The molecule has 0 aromatic heterocycles. The van der Waals surface area contributed by atoms with Crippen molar-refractivity contribution in [3.8, 4) is 0 Å². The van der Waals surface area contributed by atoms with Crippen LogP contribution < -0.4 is 14.9 Å². The molecule has 0 radical (unpaired) electrons. The lowest BCUT2D eigenvalue weighted by atomic mass is 9.86. The number of sulfonamides is 1. The van der Waals surface area contributed by atoms with Crippen molar-refractivity contribution in [1.82, 2.24) is 4.72 Å². The van der Waals surface area contributed by atoms with Gasteiger partial charge in [-0.25, -0.2) is 13.1 Å². The Morgan fingerprint density at radius 2 is 1.66 bits per heavy atom. The molecule has 2 aliphatic rings. The molecule has 0 spiro atoms. The van der Waals surface area contributed by atoms with Gasteiger partial charge in [0, 0.05) is 36.4 Å². The van der Waals surface area contributed by atoms with Crippen molar-refractivity contribution in [3.63, 3.8) is 0 Å². The predicted molar refractivity (Wildman–Crippen MR) is 116 cm³/mol. The SMILES string of the molecule is CCS(=O)(=O)N[C@H]1CC[C@H](C(=O)Nc2ccc(N3C[C@@H](C)O[C@@H](C)C3)cc2)CC1. The number of benzene rings is 1. The fourth-order valence-corrected chi connectivity index (χ4v) is 5.11. The minimum atomic E-state index is -3.19. The minimum Gasteiger partial charge on any atom is -0.372 e. The van der Waals surface area contributed by atoms with Crippen LogP contribution in [0.15, 0.2) is 24.3 Å². The van der Waals surface area contributed by atoms with Crippen LogP contribution in [0.1, 0.15) is 46.5 Å². The highest BCUT2D eigenvalue weighted by atomic mass is 32.2. The van der Waals surface area contributed by atoms with Crippen molar-refractivity contribution in [2.45, 2.75) is 64.7 Å². The van der Waals surface area contributed by atoms with Crippen LogP contribution in [0.4, 0.5) is 11.4 Å². The minimum absolute atomic E-state index is 0.0168. The number of rotatable bonds is 6. The first-order chi connectivity index (χ1) is 13.8. The molecule has 2 fully saturated rings. The summed E-state index contributed by atoms with van der Waals surface area (Å²) in [4.78, 5) is 14.9. The summed E-state index contributed by atoms with van der Waals surface area (Å²) in [6.07, 6.45) is 3.20. The number of amides is 1. The summed E-state index contributed by atoms with van der Waals surface area (Å²) in [5.41, 5.74) is 1.93. The van der Waals surface area contributed by atoms with Gasteiger partial charge in [-0.3, -0.25) is 4.79 Å². The zero-order valence-electron chi connectivity index (χ0n) is 17.6. The fraction of sp³-hybridized carbons (Fsp3) is 0.667. The zero-order valence-corrected chi connectivity index (χ0v) is 18.4. The van der Waals surface area contributed by atoms with E-state index in [9.17, 15) is 13.2 Å². The highest BCUT2D eigenvalue weighted by Crippen LogP contribution is 2.27. The van der Waals surface area contributed by atoms with Crippen LogP contribution in [0.2, 0.25) is 0 Å². The van der Waals surface area contributed by atoms with Crippen LogP contribution in [0.3, 0.4) is 0 Å². The largest absolute Gasteiger partial charge is 0.372 e. The topological polar surface area (TPSA) is 87.7 Å². The number of nitrogens with zero attached hydrogens (tertiary/aromatic N) is 1. The van der Waals surface area contributed by atoms with Gasteiger partial charge in [-0.2, -0.15) is 0 Å². The first-order valence-corrected chi connectivity index (χ1v) is 12.2. The maximum atomic E-state index is 12.6. The van der Waals surface area contributed by atoms with E-state index in [4.69, 9.17) is 4.74 Å². The Kier molecular flexibility index (Phi) is 7.19. The number of carbonyl (C=O) groups is 1. The predicted octanol–water partition coefficient (Wildman–Crippen LogP) is 2.74. The molecule has 1 amide bonds. The van der Waals surface area contributed by atoms with E-state index in [-0.39, 0.29) is 35.8 Å². The maximum Gasteiger partial charge on any atom is 0.227 e. The number of nitrogens with one attached hydrogen (secondary N) is 2. The normalized spacial score (nSPS) is 28.2. The van der Waals surface area contributed by atoms with Crippen LogP contribution in [0.5, 0.6) is 0 Å². The highest BCUT2D eigenvalue weighted by molar-refractivity contribution is 7.89. The molecule has 1 saturated heterocycles. The third-order valence-electron chi connectivity index (χ3n) is 5.74. The van der Waals surface area contributed by atoms with Crippen molar-refractivity contribution in [3.05, 3.63) is 24.3 Å². The van der Waals surface area contributed by atoms with Gasteiger partial charge in [0.05, 0.1) is 18.0 Å². The molecule has 7 nitrogen and oxygen atoms in total. The maximum absolute atomic E-state index is 12.6. The molecule has 1 aromatic carbocycles. The molecule has 1 heterocycles. The van der Waals surface area contributed by atoms with E-state index in [0.29, 0.717) is 25.7 Å². The Morgan fingerprint density at radius 1 is 1.07 bits per heavy atom. The van der Waals surface area contributed by atoms with E-state index in [0.717, 1.165) is 24.5 Å². The summed E-state index contributed by atoms with van der Waals surface area (Å²) in [7, 11) is -3.19. The van der Waals surface area contributed by atoms with Gasteiger partial charge in [0.1, 0.15) is 0 Å². The Bertz CT molecular complexity index is 779. The average molecular weight is 424 g/mol. The number of hydrogen-bond donors (Lipinski definition) is 2. The summed E-state index contributed by atoms with van der Waals surface area (Å²) >= 11 is 0. The lowest BCUT2D eigenvalue weighted by Gasteiger charge is -2.36. The standard InChI is InChI=1S/C21H33N3O4S/c1-4-29(26,27)23-19-7-5-17(6-8-19)21(25)22-18-9-11-20(12-10-18)24-13-15(2)28-16(3)14-24/h9-12,15-17,19,23H,4-8,13-14H2,1-3H3,(H,22,25)/t15-,16+,17-,19-. The Balaban J connectivity index is 1.50. The molecule has 2 N–H and O–H groups in total. The van der Waals surface area contributed by atoms with Gasteiger partial charge in [-0.1, -0.05) is 0 Å². The van der Waals surface area contributed by atoms with Gasteiger partial charge in [0.25, 0.3) is 0 Å². The van der Waals surface area contributed by atoms with Gasteiger partial charge < -0.3 is 15.0 Å². The van der Waals surface area contributed by atoms with Crippen molar-refractivity contribution in [2.75, 3.05) is 29.1 Å². The van der Waals surface area contributed by atoms with Gasteiger partial charge in [-0.05, 0) is 70.7 Å². The van der Waals surface area contributed by atoms with E-state index in [1.165, 1.54) is 0 Å². The second-order valence-corrected chi connectivity index (χ2v) is 10.3. The molecule has 1 aliphatic carbocycles. The van der Waals surface area contributed by atoms with E-state index >= 15 is 0 Å². The van der Waals surface area contributed by atoms with Crippen molar-refractivity contribution in [1.29, 1.82) is 0 Å². The fourth-order valence-electron chi connectivity index (χ4n) is 4.20. The van der Waals surface area contributed by atoms with Gasteiger partial charge in [-0.15, -0.1) is 0 Å². The number of carbonyl (C=O) groups excluding carboxylic acids is 1. The lowest BCUT2D eigenvalue weighted by molar-refractivity contribution is -0.120. The number of ether oxygens (including phenoxy) is 1. The summed E-state index contributed by atoms with van der Waals surface area (Å²) in [6.45, 7) is 7.52. The molecular weight excluding hydrogens is 390 g/mol. The molecular formula is C21H33N3O4S. The quantitative estimate of drug-likeness (QED) is 0.735. The summed E-state index contributed by atoms with van der Waals surface area (Å²) in [5, 5.41) is 3.01. The monoisotopic (exact) mass is 423 g/mol.